The lowest BCUT2D eigenvalue weighted by atomic mass is 9.83. The molecule has 1 N–H and O–H groups in total. The molecule has 0 spiro atoms. The first kappa shape index (κ1) is 27.1. The number of hydrogen-bond donors (Lipinski definition) is 1. The molecule has 0 bridgehead atoms. The highest BCUT2D eigenvalue weighted by Gasteiger charge is 2.43. The van der Waals surface area contributed by atoms with Crippen molar-refractivity contribution >= 4 is 29.7 Å². The Balaban J connectivity index is 1.36. The highest BCUT2D eigenvalue weighted by molar-refractivity contribution is 8.04. The van der Waals surface area contributed by atoms with E-state index in [9.17, 15) is 9.59 Å². The van der Waals surface area contributed by atoms with E-state index in [1.165, 1.54) is 5.56 Å². The van der Waals surface area contributed by atoms with Crippen molar-refractivity contribution < 1.29 is 19.1 Å². The molecule has 4 rings (SSSR count). The number of nitrogens with zero attached hydrogens (tertiary/aromatic N) is 1. The summed E-state index contributed by atoms with van der Waals surface area (Å²) in [5.41, 5.74) is 2.19. The summed E-state index contributed by atoms with van der Waals surface area (Å²) in [7, 11) is 3.49. The maximum atomic E-state index is 13.3. The molecule has 4 atom stereocenters. The quantitative estimate of drug-likeness (QED) is 0.452. The lowest BCUT2D eigenvalue weighted by Gasteiger charge is -2.44. The third kappa shape index (κ3) is 6.69. The highest BCUT2D eigenvalue weighted by atomic mass is 32.2. The predicted molar refractivity (Wildman–Crippen MR) is 150 cm³/mol. The van der Waals surface area contributed by atoms with Gasteiger partial charge in [0, 0.05) is 30.3 Å². The molecule has 37 heavy (non-hydrogen) atoms. The van der Waals surface area contributed by atoms with E-state index < -0.39 is 0 Å². The number of hydrogen-bond acceptors (Lipinski definition) is 5. The van der Waals surface area contributed by atoms with Crippen LogP contribution in [0.2, 0.25) is 0 Å². The number of thioether (sulfide) groups is 1. The first-order chi connectivity index (χ1) is 17.9. The number of methoxy groups -OCH3 is 1. The molecule has 4 unspecified atom stereocenters. The topological polar surface area (TPSA) is 67.9 Å². The molecule has 0 aromatic heterocycles. The zero-order valence-corrected chi connectivity index (χ0v) is 23.1. The standard InChI is InChI=1S/C30H38N2O4S/c1-5-36-25-15-13-22(17-26(25)35-4)18-28-30(34)32(3)24-19-23(14-16-27(24)37-28)29(33)31-20(2)11-12-21-9-7-6-8-10-21/h6-10,13,15,17-18,20,23-24,27H,5,11-12,14,16,19H2,1-4H3,(H,31,33)/b28-18+. The minimum atomic E-state index is -0.0582. The van der Waals surface area contributed by atoms with Gasteiger partial charge in [-0.2, -0.15) is 0 Å². The van der Waals surface area contributed by atoms with Crippen molar-refractivity contribution in [2.45, 2.75) is 63.3 Å². The molecular formula is C30H38N2O4S. The van der Waals surface area contributed by atoms with Gasteiger partial charge >= 0.3 is 0 Å². The molecule has 7 heteroatoms. The Bertz CT molecular complexity index is 1120. The van der Waals surface area contributed by atoms with Crippen LogP contribution in [-0.4, -0.2) is 54.8 Å². The summed E-state index contributed by atoms with van der Waals surface area (Å²) < 4.78 is 11.1. The number of aryl methyl sites for hydroxylation is 1. The van der Waals surface area contributed by atoms with Crippen LogP contribution in [0.5, 0.6) is 11.5 Å². The average Bonchev–Trinajstić information content (AvgIpc) is 2.91. The van der Waals surface area contributed by atoms with E-state index in [1.54, 1.807) is 18.9 Å². The van der Waals surface area contributed by atoms with Crippen LogP contribution in [0.25, 0.3) is 6.08 Å². The van der Waals surface area contributed by atoms with Gasteiger partial charge in [-0.3, -0.25) is 9.59 Å². The maximum Gasteiger partial charge on any atom is 0.260 e. The largest absolute Gasteiger partial charge is 0.493 e. The summed E-state index contributed by atoms with van der Waals surface area (Å²) >= 11 is 1.65. The summed E-state index contributed by atoms with van der Waals surface area (Å²) in [4.78, 5) is 28.9. The van der Waals surface area contributed by atoms with Crippen molar-refractivity contribution in [1.29, 1.82) is 0 Å². The fourth-order valence-electron chi connectivity index (χ4n) is 5.20. The summed E-state index contributed by atoms with van der Waals surface area (Å²) in [6, 6.07) is 16.3. The zero-order chi connectivity index (χ0) is 26.4. The number of fused-ring (bicyclic) bond motifs is 1. The monoisotopic (exact) mass is 522 g/mol. The van der Waals surface area contributed by atoms with Crippen LogP contribution in [-0.2, 0) is 16.0 Å². The molecule has 2 fully saturated rings. The van der Waals surface area contributed by atoms with Crippen LogP contribution in [0.1, 0.15) is 50.7 Å². The molecular weight excluding hydrogens is 484 g/mol. The van der Waals surface area contributed by atoms with Gasteiger partial charge in [0.05, 0.1) is 18.6 Å². The second kappa shape index (κ2) is 12.5. The molecule has 1 saturated carbocycles. The molecule has 1 aliphatic heterocycles. The van der Waals surface area contributed by atoms with Crippen LogP contribution >= 0.6 is 11.8 Å². The van der Waals surface area contributed by atoms with E-state index in [-0.39, 0.29) is 35.1 Å². The number of carbonyl (C=O) groups is 2. The van der Waals surface area contributed by atoms with Crippen molar-refractivity contribution in [2.75, 3.05) is 20.8 Å². The third-order valence-electron chi connectivity index (χ3n) is 7.32. The number of carbonyl (C=O) groups excluding carboxylic acids is 2. The van der Waals surface area contributed by atoms with E-state index >= 15 is 0 Å². The first-order valence-corrected chi connectivity index (χ1v) is 14.1. The lowest BCUT2D eigenvalue weighted by Crippen LogP contribution is -2.52. The number of nitrogens with one attached hydrogen (secondary N) is 1. The van der Waals surface area contributed by atoms with Crippen molar-refractivity contribution in [3.8, 4) is 11.5 Å². The van der Waals surface area contributed by atoms with Gasteiger partial charge in [-0.15, -0.1) is 11.8 Å². The second-order valence-electron chi connectivity index (χ2n) is 9.94. The Morgan fingerprint density at radius 2 is 1.97 bits per heavy atom. The van der Waals surface area contributed by atoms with Crippen molar-refractivity contribution in [3.05, 3.63) is 64.6 Å². The number of amides is 2. The van der Waals surface area contributed by atoms with Gasteiger partial charge in [0.25, 0.3) is 5.91 Å². The van der Waals surface area contributed by atoms with E-state index in [1.807, 2.05) is 61.3 Å². The molecule has 198 valence electrons. The molecule has 2 aromatic carbocycles. The Labute approximate surface area is 224 Å². The lowest BCUT2D eigenvalue weighted by molar-refractivity contribution is -0.132. The SMILES string of the molecule is CCOc1ccc(/C=C2/SC3CCC(C(=O)NC(C)CCc4ccccc4)CC3N(C)C2=O)cc1OC. The second-order valence-corrected chi connectivity index (χ2v) is 11.2. The zero-order valence-electron chi connectivity index (χ0n) is 22.2. The maximum absolute atomic E-state index is 13.3. The highest BCUT2D eigenvalue weighted by Crippen LogP contribution is 2.43. The van der Waals surface area contributed by atoms with Gasteiger partial charge in [0.1, 0.15) is 0 Å². The number of rotatable bonds is 9. The van der Waals surface area contributed by atoms with Crippen molar-refractivity contribution in [3.63, 3.8) is 0 Å². The Kier molecular flexibility index (Phi) is 9.19. The Morgan fingerprint density at radius 3 is 2.70 bits per heavy atom. The number of likely N-dealkylation sites (N-methyl/N-ethyl adjacent to an activating group) is 1. The Hall–Kier alpha value is -2.93. The minimum absolute atomic E-state index is 0.0105. The Morgan fingerprint density at radius 1 is 1.19 bits per heavy atom. The summed E-state index contributed by atoms with van der Waals surface area (Å²) in [6.07, 6.45) is 6.26. The van der Waals surface area contributed by atoms with Gasteiger partial charge in [0.2, 0.25) is 5.91 Å². The molecule has 1 heterocycles. The molecule has 2 aromatic rings. The van der Waals surface area contributed by atoms with Crippen molar-refractivity contribution in [2.24, 2.45) is 5.92 Å². The molecule has 6 nitrogen and oxygen atoms in total. The van der Waals surface area contributed by atoms with Gasteiger partial charge in [-0.25, -0.2) is 0 Å². The van der Waals surface area contributed by atoms with Crippen LogP contribution in [0.4, 0.5) is 0 Å². The van der Waals surface area contributed by atoms with Gasteiger partial charge in [0.15, 0.2) is 11.5 Å². The van der Waals surface area contributed by atoms with Crippen LogP contribution in [0.15, 0.2) is 53.4 Å². The van der Waals surface area contributed by atoms with E-state index in [0.717, 1.165) is 36.2 Å². The number of benzene rings is 2. The van der Waals surface area contributed by atoms with Crippen LogP contribution < -0.4 is 14.8 Å². The average molecular weight is 523 g/mol. The van der Waals surface area contributed by atoms with Crippen LogP contribution in [0.3, 0.4) is 0 Å². The van der Waals surface area contributed by atoms with Gasteiger partial charge < -0.3 is 19.7 Å². The summed E-state index contributed by atoms with van der Waals surface area (Å²) in [6.45, 7) is 4.57. The fraction of sp³-hybridized carbons (Fsp3) is 0.467. The molecule has 2 aliphatic rings. The predicted octanol–water partition coefficient (Wildman–Crippen LogP) is 5.31. The summed E-state index contributed by atoms with van der Waals surface area (Å²) in [5.74, 6) is 1.42. The normalized spacial score (nSPS) is 23.4. The number of ether oxygens (including phenoxy) is 2. The van der Waals surface area contributed by atoms with Gasteiger partial charge in [-0.05, 0) is 75.3 Å². The molecule has 1 aliphatic carbocycles. The minimum Gasteiger partial charge on any atom is -0.493 e. The summed E-state index contributed by atoms with van der Waals surface area (Å²) in [5, 5.41) is 3.51. The van der Waals surface area contributed by atoms with E-state index in [2.05, 4.69) is 24.4 Å². The van der Waals surface area contributed by atoms with Crippen molar-refractivity contribution in [1.82, 2.24) is 10.2 Å². The molecule has 2 amide bonds. The van der Waals surface area contributed by atoms with Crippen LogP contribution in [0, 0.1) is 5.92 Å². The first-order valence-electron chi connectivity index (χ1n) is 13.2. The third-order valence-corrected chi connectivity index (χ3v) is 8.71. The van der Waals surface area contributed by atoms with Gasteiger partial charge in [-0.1, -0.05) is 36.4 Å². The molecule has 0 radical (unpaired) electrons. The molecule has 1 saturated heterocycles. The van der Waals surface area contributed by atoms with E-state index in [4.69, 9.17) is 9.47 Å². The van der Waals surface area contributed by atoms with E-state index in [0.29, 0.717) is 24.5 Å². The fourth-order valence-corrected chi connectivity index (χ4v) is 6.68. The smallest absolute Gasteiger partial charge is 0.260 e.